The number of hydrogen-bond donors (Lipinski definition) is 1. The number of nitrogens with zero attached hydrogens (tertiary/aromatic N) is 3. The highest BCUT2D eigenvalue weighted by molar-refractivity contribution is 9.10. The van der Waals surface area contributed by atoms with E-state index < -0.39 is 17.7 Å². The number of anilines is 1. The van der Waals surface area contributed by atoms with Gasteiger partial charge in [0.25, 0.3) is 5.78 Å². The molecule has 1 aliphatic heterocycles. The van der Waals surface area contributed by atoms with Crippen LogP contribution in [0.15, 0.2) is 87.2 Å². The van der Waals surface area contributed by atoms with E-state index >= 15 is 0 Å². The van der Waals surface area contributed by atoms with Gasteiger partial charge in [-0.1, -0.05) is 93.1 Å². The van der Waals surface area contributed by atoms with Crippen molar-refractivity contribution in [3.05, 3.63) is 110 Å². The number of amides is 1. The molecule has 5 rings (SSSR count). The van der Waals surface area contributed by atoms with E-state index in [4.69, 9.17) is 11.6 Å². The normalized spacial score (nSPS) is 16.9. The third-order valence-corrected chi connectivity index (χ3v) is 8.54. The smallest absolute Gasteiger partial charge is 0.301 e. The summed E-state index contributed by atoms with van der Waals surface area (Å²) in [6.07, 6.45) is 0. The molecule has 4 aromatic rings. The zero-order valence-corrected chi connectivity index (χ0v) is 22.7. The van der Waals surface area contributed by atoms with Crippen molar-refractivity contribution in [3.8, 4) is 0 Å². The lowest BCUT2D eigenvalue weighted by Gasteiger charge is -2.22. The number of rotatable bonds is 6. The molecule has 186 valence electrons. The number of carbonyl (C=O) groups excluding carboxylic acids is 2. The van der Waals surface area contributed by atoms with Crippen molar-refractivity contribution in [1.82, 2.24) is 10.2 Å². The molecule has 37 heavy (non-hydrogen) atoms. The van der Waals surface area contributed by atoms with Crippen LogP contribution in [0.1, 0.15) is 22.7 Å². The number of aliphatic hydroxyl groups is 1. The summed E-state index contributed by atoms with van der Waals surface area (Å²) in [6, 6.07) is 18.9. The maximum absolute atomic E-state index is 14.0. The summed E-state index contributed by atoms with van der Waals surface area (Å²) in [5.74, 6) is -1.96. The number of hydrogen-bond acceptors (Lipinski definition) is 7. The standard InChI is InChI=1S/C26H16BrClFN3O3S2/c27-17-9-5-15(6-10-17)22(33)20-21(14-7-11-18(28)12-8-14)32(24(35)23(20)34)25-30-31-26(37-25)36-13-16-3-1-2-4-19(16)29/h1-12,21,33H,13H2/b22-20-. The number of ketones is 1. The fourth-order valence-electron chi connectivity index (χ4n) is 3.87. The van der Waals surface area contributed by atoms with E-state index in [0.29, 0.717) is 31.8 Å². The quantitative estimate of drug-likeness (QED) is 0.0825. The van der Waals surface area contributed by atoms with Crippen molar-refractivity contribution in [2.24, 2.45) is 0 Å². The molecule has 0 saturated carbocycles. The predicted molar refractivity (Wildman–Crippen MR) is 146 cm³/mol. The van der Waals surface area contributed by atoms with E-state index in [-0.39, 0.29) is 22.3 Å². The number of aromatic nitrogens is 2. The average Bonchev–Trinajstić information content (AvgIpc) is 3.46. The molecule has 1 saturated heterocycles. The highest BCUT2D eigenvalue weighted by Gasteiger charge is 2.48. The van der Waals surface area contributed by atoms with Gasteiger partial charge in [-0.15, -0.1) is 10.2 Å². The molecule has 0 aliphatic carbocycles. The number of halogens is 3. The van der Waals surface area contributed by atoms with Crippen molar-refractivity contribution in [2.75, 3.05) is 4.90 Å². The molecule has 1 unspecified atom stereocenters. The number of aliphatic hydroxyl groups excluding tert-OH is 1. The Morgan fingerprint density at radius 1 is 1.05 bits per heavy atom. The Balaban J connectivity index is 1.54. The number of benzene rings is 3. The molecular weight excluding hydrogens is 601 g/mol. The number of Topliss-reactive ketones (excluding diaryl/α,β-unsaturated/α-hetero) is 1. The Labute approximate surface area is 232 Å². The molecule has 0 radical (unpaired) electrons. The molecule has 1 aliphatic rings. The second-order valence-corrected chi connectivity index (χ2v) is 11.5. The van der Waals surface area contributed by atoms with Gasteiger partial charge < -0.3 is 5.11 Å². The lowest BCUT2D eigenvalue weighted by Crippen LogP contribution is -2.29. The molecular formula is C26H16BrClFN3O3S2. The third-order valence-electron chi connectivity index (χ3n) is 5.66. The highest BCUT2D eigenvalue weighted by Crippen LogP contribution is 2.44. The summed E-state index contributed by atoms with van der Waals surface area (Å²) in [7, 11) is 0. The van der Waals surface area contributed by atoms with Crippen LogP contribution in [0.5, 0.6) is 0 Å². The molecule has 6 nitrogen and oxygen atoms in total. The van der Waals surface area contributed by atoms with E-state index in [0.717, 1.165) is 15.8 Å². The van der Waals surface area contributed by atoms with Gasteiger partial charge in [-0.25, -0.2) is 4.39 Å². The van der Waals surface area contributed by atoms with Crippen molar-refractivity contribution < 1.29 is 19.1 Å². The Bertz CT molecular complexity index is 1530. The maximum atomic E-state index is 14.0. The van der Waals surface area contributed by atoms with E-state index in [1.807, 2.05) is 0 Å². The minimum Gasteiger partial charge on any atom is -0.507 e. The van der Waals surface area contributed by atoms with Crippen LogP contribution in [0.2, 0.25) is 5.02 Å². The van der Waals surface area contributed by atoms with Crippen molar-refractivity contribution in [3.63, 3.8) is 0 Å². The second-order valence-electron chi connectivity index (χ2n) is 7.96. The fourth-order valence-corrected chi connectivity index (χ4v) is 6.11. The third kappa shape index (κ3) is 5.19. The summed E-state index contributed by atoms with van der Waals surface area (Å²) in [5, 5.41) is 20.1. The topological polar surface area (TPSA) is 83.4 Å². The van der Waals surface area contributed by atoms with Crippen LogP contribution in [-0.4, -0.2) is 27.0 Å². The van der Waals surface area contributed by atoms with Crippen LogP contribution < -0.4 is 4.90 Å². The van der Waals surface area contributed by atoms with Gasteiger partial charge >= 0.3 is 5.91 Å². The Morgan fingerprint density at radius 2 is 1.76 bits per heavy atom. The van der Waals surface area contributed by atoms with E-state index in [1.54, 1.807) is 66.7 Å². The van der Waals surface area contributed by atoms with E-state index in [9.17, 15) is 19.1 Å². The summed E-state index contributed by atoms with van der Waals surface area (Å²) < 4.78 is 15.3. The van der Waals surface area contributed by atoms with Crippen molar-refractivity contribution in [1.29, 1.82) is 0 Å². The SMILES string of the molecule is O=C1C(=O)N(c2nnc(SCc3ccccc3F)s2)C(c2ccc(Cl)cc2)/C1=C(/O)c1ccc(Br)cc1. The van der Waals surface area contributed by atoms with Gasteiger partial charge in [0, 0.05) is 20.8 Å². The first kappa shape index (κ1) is 25.6. The van der Waals surface area contributed by atoms with Gasteiger partial charge in [-0.2, -0.15) is 0 Å². The minimum absolute atomic E-state index is 0.0644. The summed E-state index contributed by atoms with van der Waals surface area (Å²) in [5.41, 5.74) is 1.40. The van der Waals surface area contributed by atoms with Gasteiger partial charge in [0.1, 0.15) is 11.6 Å². The second kappa shape index (κ2) is 10.7. The monoisotopic (exact) mass is 615 g/mol. The van der Waals surface area contributed by atoms with Gasteiger partial charge in [-0.05, 0) is 41.5 Å². The zero-order chi connectivity index (χ0) is 26.1. The lowest BCUT2D eigenvalue weighted by atomic mass is 9.95. The first-order chi connectivity index (χ1) is 17.8. The maximum Gasteiger partial charge on any atom is 0.301 e. The van der Waals surface area contributed by atoms with Crippen LogP contribution in [0, 0.1) is 5.82 Å². The molecule has 11 heteroatoms. The fraction of sp³-hybridized carbons (Fsp3) is 0.0769. The molecule has 1 atom stereocenters. The molecule has 1 fully saturated rings. The Hall–Kier alpha value is -3.05. The highest BCUT2D eigenvalue weighted by atomic mass is 79.9. The summed E-state index contributed by atoms with van der Waals surface area (Å²) >= 11 is 11.8. The van der Waals surface area contributed by atoms with Gasteiger partial charge in [0.2, 0.25) is 5.13 Å². The molecule has 1 aromatic heterocycles. The molecule has 0 bridgehead atoms. The van der Waals surface area contributed by atoms with Gasteiger partial charge in [0.05, 0.1) is 11.6 Å². The van der Waals surface area contributed by atoms with Crippen LogP contribution in [0.3, 0.4) is 0 Å². The lowest BCUT2D eigenvalue weighted by molar-refractivity contribution is -0.132. The largest absolute Gasteiger partial charge is 0.507 e. The number of thioether (sulfide) groups is 1. The Morgan fingerprint density at radius 3 is 2.46 bits per heavy atom. The zero-order valence-electron chi connectivity index (χ0n) is 18.8. The van der Waals surface area contributed by atoms with E-state index in [1.165, 1.54) is 22.7 Å². The van der Waals surface area contributed by atoms with Crippen LogP contribution in [0.25, 0.3) is 5.76 Å². The molecule has 0 spiro atoms. The minimum atomic E-state index is -0.946. The van der Waals surface area contributed by atoms with Crippen molar-refractivity contribution in [2.45, 2.75) is 16.1 Å². The molecule has 3 aromatic carbocycles. The van der Waals surface area contributed by atoms with Crippen molar-refractivity contribution >= 4 is 73.2 Å². The van der Waals surface area contributed by atoms with Crippen LogP contribution in [-0.2, 0) is 15.3 Å². The predicted octanol–water partition coefficient (Wildman–Crippen LogP) is 7.01. The summed E-state index contributed by atoms with van der Waals surface area (Å²) in [6.45, 7) is 0. The summed E-state index contributed by atoms with van der Waals surface area (Å²) in [4.78, 5) is 27.7. The van der Waals surface area contributed by atoms with E-state index in [2.05, 4.69) is 26.1 Å². The molecule has 2 heterocycles. The molecule has 1 amide bonds. The molecule has 1 N–H and O–H groups in total. The van der Waals surface area contributed by atoms with Crippen LogP contribution in [0.4, 0.5) is 9.52 Å². The van der Waals surface area contributed by atoms with Crippen LogP contribution >= 0.6 is 50.6 Å². The first-order valence-corrected chi connectivity index (χ1v) is 13.8. The van der Waals surface area contributed by atoms with Gasteiger partial charge in [0.15, 0.2) is 4.34 Å². The average molecular weight is 617 g/mol. The number of carbonyl (C=O) groups is 2. The Kier molecular flexibility index (Phi) is 7.43. The first-order valence-electron chi connectivity index (χ1n) is 10.9. The van der Waals surface area contributed by atoms with Gasteiger partial charge in [-0.3, -0.25) is 14.5 Å².